The van der Waals surface area contributed by atoms with Gasteiger partial charge in [-0.05, 0) is 70.9 Å². The lowest BCUT2D eigenvalue weighted by molar-refractivity contribution is -0.137. The van der Waals surface area contributed by atoms with Gasteiger partial charge in [-0.15, -0.1) is 0 Å². The maximum Gasteiger partial charge on any atom is 0.416 e. The number of alkyl halides is 3. The Labute approximate surface area is 240 Å². The molecule has 0 radical (unpaired) electrons. The van der Waals surface area contributed by atoms with E-state index in [0.717, 1.165) is 23.8 Å². The van der Waals surface area contributed by atoms with E-state index in [1.807, 2.05) is 0 Å². The van der Waals surface area contributed by atoms with E-state index in [-0.39, 0.29) is 12.3 Å². The Balaban J connectivity index is 1.60. The van der Waals surface area contributed by atoms with Crippen molar-refractivity contribution in [3.63, 3.8) is 0 Å². The summed E-state index contributed by atoms with van der Waals surface area (Å²) in [5, 5.41) is 7.05. The average molecular weight is 647 g/mol. The standard InChI is InChI=1S/C26H21BrCl2F3N3O4/c1-2-38-22-9-15(8-20(27)25(22)39-14-16-6-7-18(28)11-21(16)29)13-33-35-24(37)12-23(36)34-19-5-3-4-17(10-19)26(30,31)32/h3-11,13H,2,12,14H2,1H3,(H,34,36)(H,35,37). The summed E-state index contributed by atoms with van der Waals surface area (Å²) < 4.78 is 50.6. The van der Waals surface area contributed by atoms with Crippen molar-refractivity contribution in [3.8, 4) is 11.5 Å². The van der Waals surface area contributed by atoms with E-state index in [4.69, 9.17) is 32.7 Å². The lowest BCUT2D eigenvalue weighted by Crippen LogP contribution is -2.24. The Bertz CT molecular complexity index is 1390. The van der Waals surface area contributed by atoms with E-state index < -0.39 is 30.0 Å². The second-order valence-electron chi connectivity index (χ2n) is 7.88. The van der Waals surface area contributed by atoms with Gasteiger partial charge in [-0.3, -0.25) is 9.59 Å². The highest BCUT2D eigenvalue weighted by Crippen LogP contribution is 2.37. The predicted octanol–water partition coefficient (Wildman–Crippen LogP) is 7.23. The van der Waals surface area contributed by atoms with Gasteiger partial charge < -0.3 is 14.8 Å². The van der Waals surface area contributed by atoms with Gasteiger partial charge in [-0.25, -0.2) is 5.43 Å². The Hall–Kier alpha value is -3.28. The molecule has 3 aromatic rings. The van der Waals surface area contributed by atoms with Crippen LogP contribution in [0.15, 0.2) is 64.2 Å². The second-order valence-corrected chi connectivity index (χ2v) is 9.58. The average Bonchev–Trinajstić information content (AvgIpc) is 2.84. The number of nitrogens with one attached hydrogen (secondary N) is 2. The highest BCUT2D eigenvalue weighted by atomic mass is 79.9. The third kappa shape index (κ3) is 9.15. The Morgan fingerprint density at radius 3 is 2.51 bits per heavy atom. The van der Waals surface area contributed by atoms with Crippen molar-refractivity contribution in [1.29, 1.82) is 0 Å². The number of nitrogens with zero attached hydrogens (tertiary/aromatic N) is 1. The SMILES string of the molecule is CCOc1cc(C=NNC(=O)CC(=O)Nc2cccc(C(F)(F)F)c2)cc(Br)c1OCc1ccc(Cl)cc1Cl. The Morgan fingerprint density at radius 1 is 1.05 bits per heavy atom. The highest BCUT2D eigenvalue weighted by molar-refractivity contribution is 9.10. The molecule has 0 bridgehead atoms. The minimum atomic E-state index is -4.56. The number of benzene rings is 3. The van der Waals surface area contributed by atoms with E-state index in [2.05, 4.69) is 31.8 Å². The molecule has 0 saturated heterocycles. The number of rotatable bonds is 10. The summed E-state index contributed by atoms with van der Waals surface area (Å²) in [7, 11) is 0. The molecule has 0 aliphatic heterocycles. The summed E-state index contributed by atoms with van der Waals surface area (Å²) in [6, 6.07) is 12.5. The fourth-order valence-electron chi connectivity index (χ4n) is 3.20. The van der Waals surface area contributed by atoms with E-state index in [1.165, 1.54) is 12.3 Å². The maximum absolute atomic E-state index is 12.8. The summed E-state index contributed by atoms with van der Waals surface area (Å²) in [5.74, 6) is -0.731. The molecule has 0 spiro atoms. The van der Waals surface area contributed by atoms with Gasteiger partial charge in [-0.2, -0.15) is 18.3 Å². The first-order valence-electron chi connectivity index (χ1n) is 11.3. The number of hydrogen-bond acceptors (Lipinski definition) is 5. The molecular weight excluding hydrogens is 626 g/mol. The largest absolute Gasteiger partial charge is 0.490 e. The van der Waals surface area contributed by atoms with Crippen molar-refractivity contribution in [2.45, 2.75) is 26.1 Å². The lowest BCUT2D eigenvalue weighted by Gasteiger charge is -2.15. The van der Waals surface area contributed by atoms with Gasteiger partial charge in [0.1, 0.15) is 13.0 Å². The van der Waals surface area contributed by atoms with E-state index in [9.17, 15) is 22.8 Å². The van der Waals surface area contributed by atoms with E-state index in [0.29, 0.717) is 38.2 Å². The van der Waals surface area contributed by atoms with Crippen molar-refractivity contribution in [2.75, 3.05) is 11.9 Å². The molecule has 2 amide bonds. The zero-order chi connectivity index (χ0) is 28.6. The maximum atomic E-state index is 12.8. The molecule has 3 rings (SSSR count). The molecule has 13 heteroatoms. The van der Waals surface area contributed by atoms with Crippen LogP contribution in [0.4, 0.5) is 18.9 Å². The quantitative estimate of drug-likeness (QED) is 0.138. The monoisotopic (exact) mass is 645 g/mol. The Kier molecular flexibility index (Phi) is 10.6. The third-order valence-electron chi connectivity index (χ3n) is 4.92. The van der Waals surface area contributed by atoms with Crippen LogP contribution in [0, 0.1) is 0 Å². The van der Waals surface area contributed by atoms with Crippen molar-refractivity contribution in [2.24, 2.45) is 5.10 Å². The first-order chi connectivity index (χ1) is 18.5. The van der Waals surface area contributed by atoms with Gasteiger partial charge in [0, 0.05) is 21.3 Å². The first-order valence-corrected chi connectivity index (χ1v) is 12.8. The molecule has 2 N–H and O–H groups in total. The smallest absolute Gasteiger partial charge is 0.416 e. The summed E-state index contributed by atoms with van der Waals surface area (Å²) in [6.45, 7) is 2.31. The zero-order valence-electron chi connectivity index (χ0n) is 20.2. The number of carbonyl (C=O) groups is 2. The molecule has 0 heterocycles. The van der Waals surface area contributed by atoms with Crippen molar-refractivity contribution >= 4 is 62.8 Å². The lowest BCUT2D eigenvalue weighted by atomic mass is 10.2. The van der Waals surface area contributed by atoms with Gasteiger partial charge in [0.25, 0.3) is 0 Å². The van der Waals surface area contributed by atoms with E-state index in [1.54, 1.807) is 37.3 Å². The van der Waals surface area contributed by atoms with Gasteiger partial charge >= 0.3 is 6.18 Å². The van der Waals surface area contributed by atoms with Crippen LogP contribution < -0.4 is 20.2 Å². The molecule has 0 aliphatic carbocycles. The van der Waals surface area contributed by atoms with Gasteiger partial charge in [0.05, 0.1) is 22.9 Å². The van der Waals surface area contributed by atoms with Crippen molar-refractivity contribution in [1.82, 2.24) is 5.43 Å². The number of ether oxygens (including phenoxy) is 2. The fraction of sp³-hybridized carbons (Fsp3) is 0.192. The fourth-order valence-corrected chi connectivity index (χ4v) is 4.23. The second kappa shape index (κ2) is 13.7. The molecular formula is C26H21BrCl2F3N3O4. The molecule has 0 atom stereocenters. The summed E-state index contributed by atoms with van der Waals surface area (Å²) in [6.07, 6.45) is -3.88. The van der Waals surface area contributed by atoms with Crippen LogP contribution in [0.3, 0.4) is 0 Å². The molecule has 206 valence electrons. The molecule has 0 aliphatic rings. The number of hydrogen-bond donors (Lipinski definition) is 2. The molecule has 0 aromatic heterocycles. The third-order valence-corrected chi connectivity index (χ3v) is 6.09. The molecule has 7 nitrogen and oxygen atoms in total. The molecule has 3 aromatic carbocycles. The van der Waals surface area contributed by atoms with Gasteiger partial charge in [-0.1, -0.05) is 35.3 Å². The first kappa shape index (κ1) is 30.3. The van der Waals surface area contributed by atoms with Crippen LogP contribution in [0.2, 0.25) is 10.0 Å². The van der Waals surface area contributed by atoms with Gasteiger partial charge in [0.15, 0.2) is 11.5 Å². The number of anilines is 1. The minimum Gasteiger partial charge on any atom is -0.490 e. The van der Waals surface area contributed by atoms with Crippen LogP contribution in [-0.4, -0.2) is 24.6 Å². The van der Waals surface area contributed by atoms with Crippen LogP contribution in [0.25, 0.3) is 0 Å². The van der Waals surface area contributed by atoms with Crippen LogP contribution >= 0.6 is 39.1 Å². The zero-order valence-corrected chi connectivity index (χ0v) is 23.3. The molecule has 0 saturated carbocycles. The molecule has 39 heavy (non-hydrogen) atoms. The van der Waals surface area contributed by atoms with Gasteiger partial charge in [0.2, 0.25) is 11.8 Å². The number of hydrazone groups is 1. The van der Waals surface area contributed by atoms with Crippen molar-refractivity contribution in [3.05, 3.63) is 85.8 Å². The van der Waals surface area contributed by atoms with E-state index >= 15 is 0 Å². The van der Waals surface area contributed by atoms with Crippen LogP contribution in [0.1, 0.15) is 30.0 Å². The highest BCUT2D eigenvalue weighted by Gasteiger charge is 2.30. The van der Waals surface area contributed by atoms with Crippen molar-refractivity contribution < 1.29 is 32.2 Å². The topological polar surface area (TPSA) is 89.0 Å². The number of amides is 2. The summed E-state index contributed by atoms with van der Waals surface area (Å²) in [5.41, 5.74) is 2.46. The predicted molar refractivity (Wildman–Crippen MR) is 147 cm³/mol. The minimum absolute atomic E-state index is 0.0833. The molecule has 0 fully saturated rings. The summed E-state index contributed by atoms with van der Waals surface area (Å²) >= 11 is 15.6. The Morgan fingerprint density at radius 2 is 1.82 bits per heavy atom. The normalized spacial score (nSPS) is 11.4. The van der Waals surface area contributed by atoms with Crippen LogP contribution in [-0.2, 0) is 22.4 Å². The summed E-state index contributed by atoms with van der Waals surface area (Å²) in [4.78, 5) is 24.1. The number of halogens is 6. The molecule has 0 unspecified atom stereocenters. The number of carbonyl (C=O) groups excluding carboxylic acids is 2. The van der Waals surface area contributed by atoms with Crippen LogP contribution in [0.5, 0.6) is 11.5 Å².